The Morgan fingerprint density at radius 3 is 2.25 bits per heavy atom. The van der Waals surface area contributed by atoms with E-state index in [2.05, 4.69) is 5.32 Å². The Balaban J connectivity index is 1.73. The molecule has 7 nitrogen and oxygen atoms in total. The number of para-hydroxylation sites is 1. The van der Waals surface area contributed by atoms with E-state index in [4.69, 9.17) is 11.6 Å². The number of amides is 2. The maximum atomic E-state index is 14.1. The zero-order valence-electron chi connectivity index (χ0n) is 22.9. The van der Waals surface area contributed by atoms with Crippen LogP contribution in [-0.4, -0.2) is 50.0 Å². The van der Waals surface area contributed by atoms with Gasteiger partial charge in [-0.2, -0.15) is 0 Å². The molecule has 1 saturated carbocycles. The Morgan fingerprint density at radius 2 is 1.60 bits per heavy atom. The van der Waals surface area contributed by atoms with Crippen LogP contribution in [0.4, 0.5) is 5.69 Å². The molecule has 1 atom stereocenters. The van der Waals surface area contributed by atoms with Crippen LogP contribution in [0.1, 0.15) is 42.4 Å². The van der Waals surface area contributed by atoms with Crippen molar-refractivity contribution < 1.29 is 18.0 Å². The van der Waals surface area contributed by atoms with E-state index in [1.54, 1.807) is 24.3 Å². The summed E-state index contributed by atoms with van der Waals surface area (Å²) in [4.78, 5) is 29.5. The van der Waals surface area contributed by atoms with Gasteiger partial charge in [-0.25, -0.2) is 8.42 Å². The number of hydrogen-bond acceptors (Lipinski definition) is 4. The molecular weight excluding hydrogens is 546 g/mol. The van der Waals surface area contributed by atoms with Gasteiger partial charge in [-0.3, -0.25) is 13.9 Å². The molecule has 0 saturated heterocycles. The second kappa shape index (κ2) is 13.3. The molecule has 40 heavy (non-hydrogen) atoms. The zero-order chi connectivity index (χ0) is 28.7. The lowest BCUT2D eigenvalue weighted by Crippen LogP contribution is -2.54. The monoisotopic (exact) mass is 581 g/mol. The van der Waals surface area contributed by atoms with Gasteiger partial charge in [0.15, 0.2) is 0 Å². The van der Waals surface area contributed by atoms with Gasteiger partial charge in [-0.15, -0.1) is 0 Å². The van der Waals surface area contributed by atoms with Crippen molar-refractivity contribution in [2.75, 3.05) is 17.1 Å². The Kier molecular flexibility index (Phi) is 9.87. The molecule has 4 rings (SSSR count). The van der Waals surface area contributed by atoms with E-state index in [1.165, 1.54) is 4.90 Å². The van der Waals surface area contributed by atoms with Gasteiger partial charge in [0.25, 0.3) is 0 Å². The van der Waals surface area contributed by atoms with Gasteiger partial charge < -0.3 is 10.2 Å². The summed E-state index contributed by atoms with van der Waals surface area (Å²) in [5, 5.41) is 3.38. The maximum absolute atomic E-state index is 14.1. The van der Waals surface area contributed by atoms with Crippen molar-refractivity contribution in [1.29, 1.82) is 0 Å². The molecule has 3 aromatic rings. The molecule has 0 unspecified atom stereocenters. The molecule has 1 fully saturated rings. The molecule has 2 amide bonds. The summed E-state index contributed by atoms with van der Waals surface area (Å²) in [5.41, 5.74) is 2.99. The summed E-state index contributed by atoms with van der Waals surface area (Å²) < 4.78 is 26.8. The van der Waals surface area contributed by atoms with Crippen molar-refractivity contribution in [3.8, 4) is 0 Å². The summed E-state index contributed by atoms with van der Waals surface area (Å²) in [5.74, 6) is -0.727. The van der Waals surface area contributed by atoms with Gasteiger partial charge in [-0.05, 0) is 43.0 Å². The first-order chi connectivity index (χ1) is 19.1. The second-order valence-electron chi connectivity index (χ2n) is 10.4. The topological polar surface area (TPSA) is 86.8 Å². The van der Waals surface area contributed by atoms with Gasteiger partial charge in [0.05, 0.1) is 17.0 Å². The van der Waals surface area contributed by atoms with Crippen LogP contribution in [0.15, 0.2) is 78.9 Å². The smallest absolute Gasteiger partial charge is 0.244 e. The Bertz CT molecular complexity index is 1430. The van der Waals surface area contributed by atoms with E-state index in [1.807, 2.05) is 61.5 Å². The van der Waals surface area contributed by atoms with Crippen LogP contribution in [0.5, 0.6) is 0 Å². The van der Waals surface area contributed by atoms with Gasteiger partial charge in [0.1, 0.15) is 12.6 Å². The SMILES string of the molecule is Cc1cccc(CN(C(=O)CN(c2ccccc2Cl)S(C)(=O)=O)[C@@H](Cc2ccccc2)C(=O)NC2CCCC2)c1. The maximum Gasteiger partial charge on any atom is 0.244 e. The highest BCUT2D eigenvalue weighted by atomic mass is 35.5. The second-order valence-corrected chi connectivity index (χ2v) is 12.7. The van der Waals surface area contributed by atoms with E-state index in [-0.39, 0.29) is 29.2 Å². The molecule has 212 valence electrons. The van der Waals surface area contributed by atoms with Crippen LogP contribution in [-0.2, 0) is 32.6 Å². The third-order valence-electron chi connectivity index (χ3n) is 7.21. The van der Waals surface area contributed by atoms with E-state index in [9.17, 15) is 18.0 Å². The fourth-order valence-electron chi connectivity index (χ4n) is 5.18. The number of halogens is 1. The lowest BCUT2D eigenvalue weighted by atomic mass is 10.0. The lowest BCUT2D eigenvalue weighted by molar-refractivity contribution is -0.140. The highest BCUT2D eigenvalue weighted by Gasteiger charge is 2.34. The van der Waals surface area contributed by atoms with Gasteiger partial charge in [0, 0.05) is 19.0 Å². The molecule has 1 aliphatic rings. The van der Waals surface area contributed by atoms with E-state index >= 15 is 0 Å². The third kappa shape index (κ3) is 7.86. The number of nitrogens with one attached hydrogen (secondary N) is 1. The molecule has 0 aromatic heterocycles. The molecule has 1 aliphatic carbocycles. The standard InChI is InChI=1S/C31H36ClN3O4S/c1-23-11-10-14-25(19-23)21-34(30(36)22-35(40(2,38)39)28-18-9-8-17-27(28)32)29(20-24-12-4-3-5-13-24)31(37)33-26-15-6-7-16-26/h3-5,8-14,17-19,26,29H,6-7,15-16,20-22H2,1-2H3,(H,33,37)/t29-/m0/s1. The van der Waals surface area contributed by atoms with Gasteiger partial charge in [-0.1, -0.05) is 96.7 Å². The Labute approximate surface area is 242 Å². The summed E-state index contributed by atoms with van der Waals surface area (Å²) in [6.45, 7) is 1.62. The predicted molar refractivity (Wildman–Crippen MR) is 160 cm³/mol. The van der Waals surface area contributed by atoms with Crippen LogP contribution < -0.4 is 9.62 Å². The molecule has 0 aliphatic heterocycles. The minimum atomic E-state index is -3.87. The average Bonchev–Trinajstić information content (AvgIpc) is 3.43. The summed E-state index contributed by atoms with van der Waals surface area (Å²) >= 11 is 6.36. The molecular formula is C31H36ClN3O4S. The summed E-state index contributed by atoms with van der Waals surface area (Å²) in [6.07, 6.45) is 5.27. The molecule has 9 heteroatoms. The van der Waals surface area contributed by atoms with Crippen LogP contribution in [0.25, 0.3) is 0 Å². The van der Waals surface area contributed by atoms with E-state index in [0.29, 0.717) is 6.42 Å². The number of aryl methyl sites for hydroxylation is 1. The number of anilines is 1. The Hall–Kier alpha value is -3.36. The van der Waals surface area contributed by atoms with Crippen molar-refractivity contribution in [3.63, 3.8) is 0 Å². The van der Waals surface area contributed by atoms with Crippen molar-refractivity contribution in [2.24, 2.45) is 0 Å². The molecule has 1 N–H and O–H groups in total. The minimum absolute atomic E-state index is 0.0670. The third-order valence-corrected chi connectivity index (χ3v) is 8.65. The average molecular weight is 582 g/mol. The first-order valence-corrected chi connectivity index (χ1v) is 15.8. The fraction of sp³-hybridized carbons (Fsp3) is 0.355. The lowest BCUT2D eigenvalue weighted by Gasteiger charge is -2.34. The van der Waals surface area contributed by atoms with Gasteiger partial charge >= 0.3 is 0 Å². The van der Waals surface area contributed by atoms with Gasteiger partial charge in [0.2, 0.25) is 21.8 Å². The van der Waals surface area contributed by atoms with Crippen LogP contribution in [0, 0.1) is 6.92 Å². The largest absolute Gasteiger partial charge is 0.352 e. The first-order valence-electron chi connectivity index (χ1n) is 13.5. The van der Waals surface area contributed by atoms with E-state index in [0.717, 1.165) is 52.9 Å². The number of carbonyl (C=O) groups excluding carboxylic acids is 2. The highest BCUT2D eigenvalue weighted by Crippen LogP contribution is 2.28. The first kappa shape index (κ1) is 29.6. The van der Waals surface area contributed by atoms with Crippen LogP contribution in [0.2, 0.25) is 5.02 Å². The van der Waals surface area contributed by atoms with E-state index < -0.39 is 28.5 Å². The quantitative estimate of drug-likeness (QED) is 0.341. The molecule has 0 radical (unpaired) electrons. The predicted octanol–water partition coefficient (Wildman–Crippen LogP) is 5.11. The van der Waals surface area contributed by atoms with Crippen LogP contribution >= 0.6 is 11.6 Å². The summed E-state index contributed by atoms with van der Waals surface area (Å²) in [7, 11) is -3.87. The number of rotatable bonds is 11. The van der Waals surface area contributed by atoms with Crippen molar-refractivity contribution >= 4 is 39.1 Å². The number of benzene rings is 3. The highest BCUT2D eigenvalue weighted by molar-refractivity contribution is 7.92. The zero-order valence-corrected chi connectivity index (χ0v) is 24.5. The fourth-order valence-corrected chi connectivity index (χ4v) is 6.33. The number of carbonyl (C=O) groups is 2. The minimum Gasteiger partial charge on any atom is -0.352 e. The number of hydrogen-bond donors (Lipinski definition) is 1. The molecule has 0 spiro atoms. The summed E-state index contributed by atoms with van der Waals surface area (Å²) in [6, 6.07) is 23.0. The van der Waals surface area contributed by atoms with Crippen molar-refractivity contribution in [2.45, 2.75) is 57.7 Å². The number of nitrogens with zero attached hydrogens (tertiary/aromatic N) is 2. The van der Waals surface area contributed by atoms with Crippen molar-refractivity contribution in [1.82, 2.24) is 10.2 Å². The van der Waals surface area contributed by atoms with Crippen LogP contribution in [0.3, 0.4) is 0 Å². The Morgan fingerprint density at radius 1 is 0.950 bits per heavy atom. The number of sulfonamides is 1. The normalized spacial score (nSPS) is 14.5. The molecule has 3 aromatic carbocycles. The van der Waals surface area contributed by atoms with Crippen molar-refractivity contribution in [3.05, 3.63) is 101 Å². The molecule has 0 heterocycles. The molecule has 0 bridgehead atoms.